The molecule has 0 amide bonds. The first-order valence-electron chi connectivity index (χ1n) is 4.85. The van der Waals surface area contributed by atoms with Crippen LogP contribution in [0.2, 0.25) is 0 Å². The van der Waals surface area contributed by atoms with E-state index in [0.717, 1.165) is 18.4 Å². The summed E-state index contributed by atoms with van der Waals surface area (Å²) in [6.45, 7) is 5.91. The first kappa shape index (κ1) is 12.7. The topological polar surface area (TPSA) is 9.23 Å². The summed E-state index contributed by atoms with van der Waals surface area (Å²) in [5.74, 6) is 0.494. The monoisotopic (exact) mass is 240 g/mol. The first-order valence-corrected chi connectivity index (χ1v) is 5.59. The van der Waals surface area contributed by atoms with Crippen LogP contribution in [0.1, 0.15) is 40.0 Å². The SMILES string of the molecule is CC1=C(OSC(F)(F)F)CCCC1(C)C. The van der Waals surface area contributed by atoms with E-state index in [-0.39, 0.29) is 5.41 Å². The minimum atomic E-state index is -4.32. The molecule has 0 radical (unpaired) electrons. The fourth-order valence-corrected chi connectivity index (χ4v) is 2.05. The number of alkyl halides is 3. The zero-order valence-corrected chi connectivity index (χ0v) is 9.89. The van der Waals surface area contributed by atoms with Crippen molar-refractivity contribution in [2.24, 2.45) is 5.41 Å². The van der Waals surface area contributed by atoms with Crippen LogP contribution < -0.4 is 0 Å². The average Bonchev–Trinajstić information content (AvgIpc) is 2.06. The molecule has 0 heterocycles. The molecule has 88 valence electrons. The molecule has 0 aromatic heterocycles. The molecule has 0 N–H and O–H groups in total. The van der Waals surface area contributed by atoms with Crippen LogP contribution in [0.5, 0.6) is 0 Å². The van der Waals surface area contributed by atoms with Crippen molar-refractivity contribution < 1.29 is 17.4 Å². The van der Waals surface area contributed by atoms with Gasteiger partial charge in [-0.25, -0.2) is 0 Å². The van der Waals surface area contributed by atoms with E-state index in [4.69, 9.17) is 4.18 Å². The molecule has 1 nitrogen and oxygen atoms in total. The van der Waals surface area contributed by atoms with E-state index >= 15 is 0 Å². The lowest BCUT2D eigenvalue weighted by molar-refractivity contribution is -0.0386. The molecule has 1 aliphatic rings. The third-order valence-corrected chi connectivity index (χ3v) is 3.35. The second kappa shape index (κ2) is 4.28. The van der Waals surface area contributed by atoms with Gasteiger partial charge in [0.25, 0.3) is 0 Å². The Bertz CT molecular complexity index is 268. The fourth-order valence-electron chi connectivity index (χ4n) is 1.65. The number of allylic oxidation sites excluding steroid dienone is 2. The van der Waals surface area contributed by atoms with E-state index in [1.165, 1.54) is 0 Å². The summed E-state index contributed by atoms with van der Waals surface area (Å²) in [7, 11) is 0. The van der Waals surface area contributed by atoms with Crippen molar-refractivity contribution in [3.8, 4) is 0 Å². The van der Waals surface area contributed by atoms with Gasteiger partial charge in [-0.05, 0) is 30.8 Å². The van der Waals surface area contributed by atoms with Gasteiger partial charge in [-0.2, -0.15) is 13.2 Å². The Balaban J connectivity index is 2.68. The van der Waals surface area contributed by atoms with Crippen molar-refractivity contribution in [1.82, 2.24) is 0 Å². The minimum Gasteiger partial charge on any atom is -0.422 e. The Labute approximate surface area is 92.3 Å². The maximum absolute atomic E-state index is 11.9. The van der Waals surface area contributed by atoms with Gasteiger partial charge in [0.05, 0.1) is 0 Å². The summed E-state index contributed by atoms with van der Waals surface area (Å²) in [6, 6.07) is 0. The van der Waals surface area contributed by atoms with Gasteiger partial charge in [0.2, 0.25) is 0 Å². The van der Waals surface area contributed by atoms with Crippen molar-refractivity contribution in [2.45, 2.75) is 45.5 Å². The van der Waals surface area contributed by atoms with Gasteiger partial charge in [-0.15, -0.1) is 0 Å². The summed E-state index contributed by atoms with van der Waals surface area (Å²) < 4.78 is 40.6. The third kappa shape index (κ3) is 3.63. The number of halogens is 3. The fraction of sp³-hybridized carbons (Fsp3) is 0.800. The molecule has 0 atom stereocenters. The van der Waals surface area contributed by atoms with Gasteiger partial charge in [-0.1, -0.05) is 13.8 Å². The first-order chi connectivity index (χ1) is 6.72. The molecular weight excluding hydrogens is 225 g/mol. The van der Waals surface area contributed by atoms with E-state index in [0.29, 0.717) is 12.2 Å². The minimum absolute atomic E-state index is 0.0419. The molecule has 0 unspecified atom stereocenters. The van der Waals surface area contributed by atoms with Crippen LogP contribution in [-0.2, 0) is 4.18 Å². The van der Waals surface area contributed by atoms with Gasteiger partial charge in [0.1, 0.15) is 5.76 Å². The molecular formula is C10H15F3OS. The third-order valence-electron chi connectivity index (χ3n) is 2.88. The number of hydrogen-bond acceptors (Lipinski definition) is 2. The van der Waals surface area contributed by atoms with Crippen molar-refractivity contribution in [3.05, 3.63) is 11.3 Å². The zero-order valence-electron chi connectivity index (χ0n) is 9.07. The van der Waals surface area contributed by atoms with Crippen LogP contribution in [0.3, 0.4) is 0 Å². The second-order valence-corrected chi connectivity index (χ2v) is 5.19. The molecule has 0 saturated heterocycles. The molecule has 0 aromatic rings. The molecule has 0 bridgehead atoms. The smallest absolute Gasteiger partial charge is 0.422 e. The predicted molar refractivity (Wildman–Crippen MR) is 55.1 cm³/mol. The Kier molecular flexibility index (Phi) is 3.63. The second-order valence-electron chi connectivity index (χ2n) is 4.40. The lowest BCUT2D eigenvalue weighted by atomic mass is 9.76. The van der Waals surface area contributed by atoms with Crippen LogP contribution in [0, 0.1) is 5.41 Å². The highest BCUT2D eigenvalue weighted by Gasteiger charge is 2.34. The summed E-state index contributed by atoms with van der Waals surface area (Å²) in [6.07, 6.45) is 2.50. The highest BCUT2D eigenvalue weighted by molar-refractivity contribution is 7.95. The number of hydrogen-bond donors (Lipinski definition) is 0. The molecule has 5 heteroatoms. The molecule has 15 heavy (non-hydrogen) atoms. The van der Waals surface area contributed by atoms with Crippen molar-refractivity contribution in [3.63, 3.8) is 0 Å². The lowest BCUT2D eigenvalue weighted by Crippen LogP contribution is -2.19. The molecule has 0 aliphatic heterocycles. The average molecular weight is 240 g/mol. The largest absolute Gasteiger partial charge is 0.479 e. The normalized spacial score (nSPS) is 21.7. The van der Waals surface area contributed by atoms with Crippen molar-refractivity contribution in [1.29, 1.82) is 0 Å². The predicted octanol–water partition coefficient (Wildman–Crippen LogP) is 4.66. The van der Waals surface area contributed by atoms with Crippen LogP contribution in [-0.4, -0.2) is 5.51 Å². The standard InChI is InChI=1S/C10H15F3OS/c1-7-8(14-15-10(11,12)13)5-4-6-9(7,2)3/h4-6H2,1-3H3. The van der Waals surface area contributed by atoms with Crippen LogP contribution in [0.15, 0.2) is 11.3 Å². The van der Waals surface area contributed by atoms with E-state index in [2.05, 4.69) is 0 Å². The summed E-state index contributed by atoms with van der Waals surface area (Å²) in [5.41, 5.74) is -3.43. The summed E-state index contributed by atoms with van der Waals surface area (Å²) in [4.78, 5) is 0. The zero-order chi connectivity index (χ0) is 11.7. The van der Waals surface area contributed by atoms with Crippen LogP contribution in [0.4, 0.5) is 13.2 Å². The maximum atomic E-state index is 11.9. The molecule has 1 aliphatic carbocycles. The van der Waals surface area contributed by atoms with E-state index in [1.807, 2.05) is 20.8 Å². The Hall–Kier alpha value is -0.320. The molecule has 1 rings (SSSR count). The Morgan fingerprint density at radius 2 is 1.93 bits per heavy atom. The van der Waals surface area contributed by atoms with Crippen molar-refractivity contribution in [2.75, 3.05) is 0 Å². The van der Waals surface area contributed by atoms with E-state index in [9.17, 15) is 13.2 Å². The van der Waals surface area contributed by atoms with Gasteiger partial charge in [0, 0.05) is 6.42 Å². The quantitative estimate of drug-likeness (QED) is 0.649. The van der Waals surface area contributed by atoms with E-state index < -0.39 is 17.6 Å². The highest BCUT2D eigenvalue weighted by atomic mass is 32.2. The van der Waals surface area contributed by atoms with Gasteiger partial charge < -0.3 is 4.18 Å². The lowest BCUT2D eigenvalue weighted by Gasteiger charge is -2.32. The maximum Gasteiger partial charge on any atom is 0.479 e. The van der Waals surface area contributed by atoms with Gasteiger partial charge in [-0.3, -0.25) is 0 Å². The Morgan fingerprint density at radius 3 is 2.47 bits per heavy atom. The van der Waals surface area contributed by atoms with Gasteiger partial charge in [0.15, 0.2) is 12.0 Å². The van der Waals surface area contributed by atoms with Crippen LogP contribution in [0.25, 0.3) is 0 Å². The van der Waals surface area contributed by atoms with Crippen LogP contribution >= 0.6 is 12.0 Å². The van der Waals surface area contributed by atoms with E-state index in [1.54, 1.807) is 0 Å². The summed E-state index contributed by atoms with van der Waals surface area (Å²) in [5, 5.41) is 0. The number of rotatable bonds is 2. The molecule has 0 aromatic carbocycles. The molecule has 0 fully saturated rings. The van der Waals surface area contributed by atoms with Crippen molar-refractivity contribution >= 4 is 12.0 Å². The molecule has 0 spiro atoms. The molecule has 0 saturated carbocycles. The Morgan fingerprint density at radius 1 is 1.33 bits per heavy atom. The highest BCUT2D eigenvalue weighted by Crippen LogP contribution is 2.43. The summed E-state index contributed by atoms with van der Waals surface area (Å²) >= 11 is -0.413. The van der Waals surface area contributed by atoms with Gasteiger partial charge >= 0.3 is 5.51 Å².